The number of carbonyl (C=O) groups is 2. The van der Waals surface area contributed by atoms with Gasteiger partial charge in [-0.2, -0.15) is 0 Å². The SMILES string of the molecule is CC(C)(CC(=O)N1CCn2cnnc2C1)C(=O)O. The second kappa shape index (κ2) is 4.40. The molecule has 0 saturated carbocycles. The van der Waals surface area contributed by atoms with Crippen LogP contribution in [0.3, 0.4) is 0 Å². The number of fused-ring (bicyclic) bond motifs is 1. The lowest BCUT2D eigenvalue weighted by Gasteiger charge is -2.29. The van der Waals surface area contributed by atoms with Crippen LogP contribution >= 0.6 is 0 Å². The summed E-state index contributed by atoms with van der Waals surface area (Å²) in [6.07, 6.45) is 1.63. The molecule has 1 aliphatic rings. The number of carbonyl (C=O) groups excluding carboxylic acids is 1. The number of hydrogen-bond donors (Lipinski definition) is 1. The van der Waals surface area contributed by atoms with Crippen LogP contribution in [0, 0.1) is 5.41 Å². The Morgan fingerprint density at radius 1 is 1.44 bits per heavy atom. The number of aliphatic carboxylic acids is 1. The van der Waals surface area contributed by atoms with Crippen molar-refractivity contribution >= 4 is 11.9 Å². The Morgan fingerprint density at radius 2 is 2.17 bits per heavy atom. The quantitative estimate of drug-likeness (QED) is 0.825. The average Bonchev–Trinajstić information content (AvgIpc) is 2.74. The van der Waals surface area contributed by atoms with Gasteiger partial charge in [-0.25, -0.2) is 0 Å². The number of aromatic nitrogens is 3. The zero-order valence-electron chi connectivity index (χ0n) is 10.5. The molecular formula is C11H16N4O3. The lowest BCUT2D eigenvalue weighted by Crippen LogP contribution is -2.41. The summed E-state index contributed by atoms with van der Waals surface area (Å²) in [5, 5.41) is 16.7. The summed E-state index contributed by atoms with van der Waals surface area (Å²) in [6, 6.07) is 0. The van der Waals surface area contributed by atoms with Gasteiger partial charge in [0.1, 0.15) is 6.33 Å². The molecule has 0 aromatic carbocycles. The van der Waals surface area contributed by atoms with Crippen molar-refractivity contribution in [1.29, 1.82) is 0 Å². The van der Waals surface area contributed by atoms with Crippen LogP contribution in [0.5, 0.6) is 0 Å². The van der Waals surface area contributed by atoms with Gasteiger partial charge in [-0.3, -0.25) is 9.59 Å². The average molecular weight is 252 g/mol. The van der Waals surface area contributed by atoms with E-state index < -0.39 is 11.4 Å². The topological polar surface area (TPSA) is 88.3 Å². The van der Waals surface area contributed by atoms with Crippen LogP contribution in [0.15, 0.2) is 6.33 Å². The van der Waals surface area contributed by atoms with Crippen LogP contribution in [-0.2, 0) is 22.7 Å². The summed E-state index contributed by atoms with van der Waals surface area (Å²) in [6.45, 7) is 4.73. The third kappa shape index (κ3) is 2.34. The largest absolute Gasteiger partial charge is 0.481 e. The highest BCUT2D eigenvalue weighted by Crippen LogP contribution is 2.23. The molecule has 0 radical (unpaired) electrons. The molecule has 0 saturated heterocycles. The molecule has 1 amide bonds. The van der Waals surface area contributed by atoms with E-state index in [2.05, 4.69) is 10.2 Å². The van der Waals surface area contributed by atoms with E-state index in [-0.39, 0.29) is 12.3 Å². The summed E-state index contributed by atoms with van der Waals surface area (Å²) in [7, 11) is 0. The van der Waals surface area contributed by atoms with Gasteiger partial charge in [0.05, 0.1) is 12.0 Å². The van der Waals surface area contributed by atoms with Crippen molar-refractivity contribution in [2.24, 2.45) is 5.41 Å². The molecule has 0 fully saturated rings. The molecule has 0 unspecified atom stereocenters. The number of carboxylic acid groups (broad SMARTS) is 1. The van der Waals surface area contributed by atoms with Crippen molar-refractivity contribution in [1.82, 2.24) is 19.7 Å². The Kier molecular flexibility index (Phi) is 3.06. The van der Waals surface area contributed by atoms with Crippen LogP contribution in [0.25, 0.3) is 0 Å². The molecule has 1 N–H and O–H groups in total. The Hall–Kier alpha value is -1.92. The smallest absolute Gasteiger partial charge is 0.309 e. The lowest BCUT2D eigenvalue weighted by molar-refractivity contribution is -0.151. The number of amides is 1. The third-order valence-corrected chi connectivity index (χ3v) is 3.16. The number of hydrogen-bond acceptors (Lipinski definition) is 4. The van der Waals surface area contributed by atoms with Gasteiger partial charge in [0.15, 0.2) is 5.82 Å². The summed E-state index contributed by atoms with van der Waals surface area (Å²) in [5.74, 6) is -0.379. The first kappa shape index (κ1) is 12.5. The van der Waals surface area contributed by atoms with E-state index in [1.54, 1.807) is 25.1 Å². The van der Waals surface area contributed by atoms with Gasteiger partial charge in [-0.05, 0) is 13.8 Å². The van der Waals surface area contributed by atoms with Crippen LogP contribution < -0.4 is 0 Å². The zero-order valence-corrected chi connectivity index (χ0v) is 10.5. The Labute approximate surface area is 104 Å². The first-order valence-corrected chi connectivity index (χ1v) is 5.78. The molecule has 0 aliphatic carbocycles. The molecule has 7 heteroatoms. The molecule has 1 aromatic heterocycles. The minimum Gasteiger partial charge on any atom is -0.481 e. The molecule has 98 valence electrons. The minimum atomic E-state index is -1.04. The number of nitrogens with zero attached hydrogens (tertiary/aromatic N) is 4. The predicted molar refractivity (Wildman–Crippen MR) is 61.5 cm³/mol. The van der Waals surface area contributed by atoms with Crippen molar-refractivity contribution in [3.05, 3.63) is 12.2 Å². The molecule has 2 heterocycles. The normalized spacial score (nSPS) is 15.3. The first-order chi connectivity index (χ1) is 8.40. The molecule has 7 nitrogen and oxygen atoms in total. The number of rotatable bonds is 3. The van der Waals surface area contributed by atoms with Gasteiger partial charge in [0, 0.05) is 19.5 Å². The van der Waals surface area contributed by atoms with E-state index in [4.69, 9.17) is 5.11 Å². The van der Waals surface area contributed by atoms with Crippen molar-refractivity contribution in [2.75, 3.05) is 6.54 Å². The fraction of sp³-hybridized carbons (Fsp3) is 0.636. The second-order valence-electron chi connectivity index (χ2n) is 5.12. The maximum atomic E-state index is 12.1. The summed E-state index contributed by atoms with van der Waals surface area (Å²) in [4.78, 5) is 24.7. The summed E-state index contributed by atoms with van der Waals surface area (Å²) < 4.78 is 1.89. The first-order valence-electron chi connectivity index (χ1n) is 5.78. The van der Waals surface area contributed by atoms with E-state index >= 15 is 0 Å². The van der Waals surface area contributed by atoms with E-state index in [1.165, 1.54) is 0 Å². The van der Waals surface area contributed by atoms with E-state index in [1.807, 2.05) is 4.57 Å². The van der Waals surface area contributed by atoms with Crippen molar-refractivity contribution in [3.8, 4) is 0 Å². The van der Waals surface area contributed by atoms with Gasteiger partial charge in [0.25, 0.3) is 0 Å². The summed E-state index contributed by atoms with van der Waals surface area (Å²) in [5.41, 5.74) is -1.04. The van der Waals surface area contributed by atoms with Crippen molar-refractivity contribution in [2.45, 2.75) is 33.4 Å². The van der Waals surface area contributed by atoms with Crippen molar-refractivity contribution in [3.63, 3.8) is 0 Å². The van der Waals surface area contributed by atoms with E-state index in [0.717, 1.165) is 5.82 Å². The zero-order chi connectivity index (χ0) is 13.3. The van der Waals surface area contributed by atoms with Gasteiger partial charge in [0.2, 0.25) is 5.91 Å². The molecule has 2 rings (SSSR count). The third-order valence-electron chi connectivity index (χ3n) is 3.16. The minimum absolute atomic E-state index is 0.00350. The van der Waals surface area contributed by atoms with Crippen molar-refractivity contribution < 1.29 is 14.7 Å². The standard InChI is InChI=1S/C11H16N4O3/c1-11(2,10(17)18)5-9(16)14-3-4-15-7-12-13-8(15)6-14/h7H,3-6H2,1-2H3,(H,17,18). The van der Waals surface area contributed by atoms with Crippen LogP contribution in [0.4, 0.5) is 0 Å². The molecular weight excluding hydrogens is 236 g/mol. The monoisotopic (exact) mass is 252 g/mol. The highest BCUT2D eigenvalue weighted by atomic mass is 16.4. The summed E-state index contributed by atoms with van der Waals surface area (Å²) >= 11 is 0. The van der Waals surface area contributed by atoms with Crippen LogP contribution in [0.2, 0.25) is 0 Å². The van der Waals surface area contributed by atoms with E-state index in [9.17, 15) is 9.59 Å². The fourth-order valence-corrected chi connectivity index (χ4v) is 1.84. The second-order valence-corrected chi connectivity index (χ2v) is 5.12. The maximum absolute atomic E-state index is 12.1. The Bertz CT molecular complexity index is 480. The van der Waals surface area contributed by atoms with Gasteiger partial charge >= 0.3 is 5.97 Å². The number of carboxylic acids is 1. The predicted octanol–water partition coefficient (Wildman–Crippen LogP) is 0.121. The molecule has 18 heavy (non-hydrogen) atoms. The van der Waals surface area contributed by atoms with Gasteiger partial charge in [-0.15, -0.1) is 10.2 Å². The Morgan fingerprint density at radius 3 is 2.83 bits per heavy atom. The lowest BCUT2D eigenvalue weighted by atomic mass is 9.89. The highest BCUT2D eigenvalue weighted by molar-refractivity contribution is 5.84. The fourth-order valence-electron chi connectivity index (χ4n) is 1.84. The Balaban J connectivity index is 2.02. The molecule has 1 aromatic rings. The molecule has 1 aliphatic heterocycles. The molecule has 0 bridgehead atoms. The molecule has 0 atom stereocenters. The van der Waals surface area contributed by atoms with E-state index in [0.29, 0.717) is 19.6 Å². The molecule has 0 spiro atoms. The highest BCUT2D eigenvalue weighted by Gasteiger charge is 2.33. The van der Waals surface area contributed by atoms with Crippen LogP contribution in [-0.4, -0.2) is 43.2 Å². The maximum Gasteiger partial charge on any atom is 0.309 e. The van der Waals surface area contributed by atoms with Crippen LogP contribution in [0.1, 0.15) is 26.1 Å². The van der Waals surface area contributed by atoms with Gasteiger partial charge < -0.3 is 14.6 Å². The van der Waals surface area contributed by atoms with Gasteiger partial charge in [-0.1, -0.05) is 0 Å².